The first kappa shape index (κ1) is 10.0. The molecule has 1 aliphatic rings. The van der Waals surface area contributed by atoms with Crippen molar-refractivity contribution in [3.63, 3.8) is 0 Å². The van der Waals surface area contributed by atoms with E-state index in [9.17, 15) is 4.79 Å². The molecule has 3 atom stereocenters. The summed E-state index contributed by atoms with van der Waals surface area (Å²) in [5, 5.41) is 8.76. The Morgan fingerprint density at radius 1 is 1.46 bits per heavy atom. The van der Waals surface area contributed by atoms with Gasteiger partial charge < -0.3 is 9.47 Å². The van der Waals surface area contributed by atoms with E-state index in [4.69, 9.17) is 10.00 Å². The Balaban J connectivity index is 2.59. The Labute approximate surface area is 77.4 Å². The summed E-state index contributed by atoms with van der Waals surface area (Å²) in [6, 6.07) is 2.14. The number of ether oxygens (including phenoxy) is 2. The summed E-state index contributed by atoms with van der Waals surface area (Å²) in [4.78, 5) is 11.1. The lowest BCUT2D eigenvalue weighted by molar-refractivity contribution is -0.145. The van der Waals surface area contributed by atoms with Gasteiger partial charge in [0.25, 0.3) is 0 Å². The molecule has 72 valence electrons. The van der Waals surface area contributed by atoms with Crippen LogP contribution < -0.4 is 0 Å². The first-order chi connectivity index (χ1) is 6.22. The van der Waals surface area contributed by atoms with Crippen molar-refractivity contribution in [1.29, 1.82) is 5.26 Å². The monoisotopic (exact) mass is 183 g/mol. The summed E-state index contributed by atoms with van der Waals surface area (Å²) >= 11 is 0. The second kappa shape index (κ2) is 4.24. The number of carbonyl (C=O) groups excluding carboxylic acids is 1. The van der Waals surface area contributed by atoms with Crippen LogP contribution in [0.1, 0.15) is 12.8 Å². The molecule has 0 heterocycles. The molecule has 4 heteroatoms. The SMILES string of the molecule is COC(=O)C1CC(C#N)C(OC)C1. The highest BCUT2D eigenvalue weighted by Crippen LogP contribution is 2.33. The van der Waals surface area contributed by atoms with Gasteiger partial charge in [-0.05, 0) is 12.8 Å². The summed E-state index contributed by atoms with van der Waals surface area (Å²) in [6.45, 7) is 0. The molecule has 0 aromatic carbocycles. The quantitative estimate of drug-likeness (QED) is 0.592. The van der Waals surface area contributed by atoms with Gasteiger partial charge >= 0.3 is 5.97 Å². The molecular formula is C9H13NO3. The Bertz CT molecular complexity index is 234. The number of nitrogens with zero attached hydrogens (tertiary/aromatic N) is 1. The number of carbonyl (C=O) groups is 1. The van der Waals surface area contributed by atoms with Crippen LogP contribution in [0.3, 0.4) is 0 Å². The predicted molar refractivity (Wildman–Crippen MR) is 44.6 cm³/mol. The molecule has 1 aliphatic carbocycles. The lowest BCUT2D eigenvalue weighted by atomic mass is 10.1. The molecule has 0 bridgehead atoms. The molecule has 0 amide bonds. The van der Waals surface area contributed by atoms with Crippen LogP contribution in [0.25, 0.3) is 0 Å². The fourth-order valence-corrected chi connectivity index (χ4v) is 1.75. The number of rotatable bonds is 2. The third-order valence-electron chi connectivity index (χ3n) is 2.51. The van der Waals surface area contributed by atoms with Crippen LogP contribution in [0.2, 0.25) is 0 Å². The topological polar surface area (TPSA) is 59.3 Å². The number of esters is 1. The molecule has 0 saturated heterocycles. The zero-order valence-corrected chi connectivity index (χ0v) is 7.82. The van der Waals surface area contributed by atoms with Gasteiger partial charge in [0, 0.05) is 7.11 Å². The van der Waals surface area contributed by atoms with Crippen LogP contribution in [0.5, 0.6) is 0 Å². The minimum absolute atomic E-state index is 0.117. The summed E-state index contributed by atoms with van der Waals surface area (Å²) in [7, 11) is 2.93. The zero-order chi connectivity index (χ0) is 9.84. The van der Waals surface area contributed by atoms with E-state index in [0.29, 0.717) is 12.8 Å². The average molecular weight is 183 g/mol. The first-order valence-corrected chi connectivity index (χ1v) is 4.23. The van der Waals surface area contributed by atoms with E-state index in [1.807, 2.05) is 0 Å². The van der Waals surface area contributed by atoms with Crippen LogP contribution in [0.15, 0.2) is 0 Å². The van der Waals surface area contributed by atoms with Gasteiger partial charge in [-0.25, -0.2) is 0 Å². The zero-order valence-electron chi connectivity index (χ0n) is 7.82. The van der Waals surface area contributed by atoms with Crippen molar-refractivity contribution in [3.05, 3.63) is 0 Å². The van der Waals surface area contributed by atoms with Crippen LogP contribution >= 0.6 is 0 Å². The van der Waals surface area contributed by atoms with Crippen molar-refractivity contribution < 1.29 is 14.3 Å². The minimum atomic E-state index is -0.236. The van der Waals surface area contributed by atoms with E-state index >= 15 is 0 Å². The third-order valence-corrected chi connectivity index (χ3v) is 2.51. The summed E-state index contributed by atoms with van der Waals surface area (Å²) in [6.07, 6.45) is 1.04. The lowest BCUT2D eigenvalue weighted by Gasteiger charge is -2.09. The maximum Gasteiger partial charge on any atom is 0.308 e. The number of hydrogen-bond donors (Lipinski definition) is 0. The standard InChI is InChI=1S/C9H13NO3/c1-12-8-4-6(9(11)13-2)3-7(8)5-10/h6-8H,3-4H2,1-2H3. The summed E-state index contributed by atoms with van der Waals surface area (Å²) in [5.74, 6) is -0.575. The molecular weight excluding hydrogens is 170 g/mol. The van der Waals surface area contributed by atoms with E-state index in [0.717, 1.165) is 0 Å². The molecule has 0 aliphatic heterocycles. The smallest absolute Gasteiger partial charge is 0.308 e. The lowest BCUT2D eigenvalue weighted by Crippen LogP contribution is -2.15. The molecule has 1 saturated carbocycles. The number of nitriles is 1. The van der Waals surface area contributed by atoms with E-state index < -0.39 is 0 Å². The number of methoxy groups -OCH3 is 2. The Hall–Kier alpha value is -1.08. The molecule has 1 fully saturated rings. The van der Waals surface area contributed by atoms with Crippen molar-refractivity contribution in [2.45, 2.75) is 18.9 Å². The maximum atomic E-state index is 11.1. The molecule has 0 spiro atoms. The molecule has 13 heavy (non-hydrogen) atoms. The molecule has 0 N–H and O–H groups in total. The predicted octanol–water partition coefficient (Wildman–Crippen LogP) is 0.724. The van der Waals surface area contributed by atoms with Gasteiger partial charge in [-0.2, -0.15) is 5.26 Å². The molecule has 0 aromatic heterocycles. The van der Waals surface area contributed by atoms with Gasteiger partial charge in [0.15, 0.2) is 0 Å². The van der Waals surface area contributed by atoms with Crippen molar-refractivity contribution in [2.24, 2.45) is 11.8 Å². The molecule has 3 unspecified atom stereocenters. The van der Waals surface area contributed by atoms with Gasteiger partial charge in [-0.1, -0.05) is 0 Å². The molecule has 1 rings (SSSR count). The highest BCUT2D eigenvalue weighted by Gasteiger charge is 2.38. The van der Waals surface area contributed by atoms with E-state index in [2.05, 4.69) is 10.8 Å². The van der Waals surface area contributed by atoms with Gasteiger partial charge in [0.2, 0.25) is 0 Å². The molecule has 4 nitrogen and oxygen atoms in total. The average Bonchev–Trinajstić information content (AvgIpc) is 2.59. The largest absolute Gasteiger partial charge is 0.469 e. The van der Waals surface area contributed by atoms with Crippen molar-refractivity contribution >= 4 is 5.97 Å². The third kappa shape index (κ3) is 1.99. The van der Waals surface area contributed by atoms with E-state index in [1.165, 1.54) is 7.11 Å². The summed E-state index contributed by atoms with van der Waals surface area (Å²) < 4.78 is 9.73. The minimum Gasteiger partial charge on any atom is -0.469 e. The van der Waals surface area contributed by atoms with Gasteiger partial charge in [0.1, 0.15) is 0 Å². The van der Waals surface area contributed by atoms with Crippen LogP contribution in [0.4, 0.5) is 0 Å². The van der Waals surface area contributed by atoms with Crippen molar-refractivity contribution in [3.8, 4) is 6.07 Å². The van der Waals surface area contributed by atoms with Crippen molar-refractivity contribution in [2.75, 3.05) is 14.2 Å². The highest BCUT2D eigenvalue weighted by atomic mass is 16.5. The second-order valence-corrected chi connectivity index (χ2v) is 3.20. The first-order valence-electron chi connectivity index (χ1n) is 4.23. The summed E-state index contributed by atoms with van der Waals surface area (Å²) in [5.41, 5.74) is 0. The molecule has 0 aromatic rings. The Morgan fingerprint density at radius 3 is 2.54 bits per heavy atom. The van der Waals surface area contributed by atoms with Crippen LogP contribution in [-0.4, -0.2) is 26.3 Å². The fourth-order valence-electron chi connectivity index (χ4n) is 1.75. The number of hydrogen-bond acceptors (Lipinski definition) is 4. The van der Waals surface area contributed by atoms with Crippen molar-refractivity contribution in [1.82, 2.24) is 0 Å². The maximum absolute atomic E-state index is 11.1. The van der Waals surface area contributed by atoms with E-state index in [1.54, 1.807) is 7.11 Å². The van der Waals surface area contributed by atoms with Gasteiger partial charge in [-0.3, -0.25) is 4.79 Å². The van der Waals surface area contributed by atoms with Gasteiger partial charge in [-0.15, -0.1) is 0 Å². The Morgan fingerprint density at radius 2 is 2.15 bits per heavy atom. The second-order valence-electron chi connectivity index (χ2n) is 3.20. The highest BCUT2D eigenvalue weighted by molar-refractivity contribution is 5.72. The van der Waals surface area contributed by atoms with E-state index in [-0.39, 0.29) is 23.9 Å². The fraction of sp³-hybridized carbons (Fsp3) is 0.778. The molecule has 0 radical (unpaired) electrons. The normalized spacial score (nSPS) is 32.5. The Kier molecular flexibility index (Phi) is 3.26. The van der Waals surface area contributed by atoms with Gasteiger partial charge in [0.05, 0.1) is 31.1 Å². The van der Waals surface area contributed by atoms with Crippen LogP contribution in [0, 0.1) is 23.2 Å². The van der Waals surface area contributed by atoms with Crippen LogP contribution in [-0.2, 0) is 14.3 Å².